The molecule has 1 aliphatic rings. The average molecular weight is 526 g/mol. The van der Waals surface area contributed by atoms with Crippen molar-refractivity contribution in [3.63, 3.8) is 0 Å². The number of H-pyrrole nitrogens is 1. The Kier molecular flexibility index (Phi) is 7.14. The van der Waals surface area contributed by atoms with Crippen molar-refractivity contribution in [3.05, 3.63) is 60.6 Å². The van der Waals surface area contributed by atoms with Crippen LogP contribution in [-0.2, 0) is 11.3 Å². The number of hydrogen-bond donors (Lipinski definition) is 2. The molecule has 0 radical (unpaired) electrons. The second-order valence-electron chi connectivity index (χ2n) is 8.98. The lowest BCUT2D eigenvalue weighted by Gasteiger charge is -2.35. The Bertz CT molecular complexity index is 1430. The quantitative estimate of drug-likeness (QED) is 0.370. The van der Waals surface area contributed by atoms with Crippen molar-refractivity contribution in [2.75, 3.05) is 38.6 Å². The van der Waals surface area contributed by atoms with Gasteiger partial charge in [-0.05, 0) is 29.8 Å². The molecule has 1 aromatic carbocycles. The molecule has 38 heavy (non-hydrogen) atoms. The highest BCUT2D eigenvalue weighted by Crippen LogP contribution is 2.31. The van der Waals surface area contributed by atoms with Gasteiger partial charge in [-0.2, -0.15) is 13.2 Å². The topological polar surface area (TPSA) is 99.3 Å². The van der Waals surface area contributed by atoms with E-state index in [-0.39, 0.29) is 13.1 Å². The molecule has 0 atom stereocenters. The molecule has 0 spiro atoms. The maximum atomic E-state index is 12.6. The summed E-state index contributed by atoms with van der Waals surface area (Å²) in [6.07, 6.45) is -0.851. The van der Waals surface area contributed by atoms with Crippen LogP contribution in [0.3, 0.4) is 0 Å². The number of imidazole rings is 1. The number of piperazine rings is 1. The number of methoxy groups -OCH3 is 1. The highest BCUT2D eigenvalue weighted by atomic mass is 19.4. The van der Waals surface area contributed by atoms with Gasteiger partial charge in [0.15, 0.2) is 0 Å². The SMILES string of the molecule is COc1cnccc1-c1ccc2nc(Nc3ncccc3CN3CCN(C(=O)CC(F)(F)F)CC3)[nH]c2c1. The normalized spacial score (nSPS) is 14.6. The number of carbonyl (C=O) groups excluding carboxylic acids is 1. The summed E-state index contributed by atoms with van der Waals surface area (Å²) in [5, 5.41) is 3.26. The van der Waals surface area contributed by atoms with Crippen molar-refractivity contribution in [1.29, 1.82) is 0 Å². The number of aromatic nitrogens is 4. The summed E-state index contributed by atoms with van der Waals surface area (Å²) >= 11 is 0. The summed E-state index contributed by atoms with van der Waals surface area (Å²) in [6.45, 7) is 2.00. The first kappa shape index (κ1) is 25.5. The van der Waals surface area contributed by atoms with E-state index in [0.717, 1.165) is 27.7 Å². The summed E-state index contributed by atoms with van der Waals surface area (Å²) in [6, 6.07) is 11.5. The fraction of sp³-hybridized carbons (Fsp3) is 0.308. The molecule has 198 valence electrons. The number of carbonyl (C=O) groups is 1. The minimum absolute atomic E-state index is 0.256. The van der Waals surface area contributed by atoms with Gasteiger partial charge < -0.3 is 19.9 Å². The number of hydrogen-bond acceptors (Lipinski definition) is 7. The van der Waals surface area contributed by atoms with Gasteiger partial charge in [0, 0.05) is 56.2 Å². The largest absolute Gasteiger partial charge is 0.494 e. The zero-order valence-electron chi connectivity index (χ0n) is 20.6. The van der Waals surface area contributed by atoms with Gasteiger partial charge in [-0.25, -0.2) is 9.97 Å². The van der Waals surface area contributed by atoms with Crippen molar-refractivity contribution in [2.45, 2.75) is 19.1 Å². The Morgan fingerprint density at radius 2 is 1.95 bits per heavy atom. The van der Waals surface area contributed by atoms with Crippen LogP contribution in [0.2, 0.25) is 0 Å². The number of alkyl halides is 3. The molecule has 0 saturated carbocycles. The first-order valence-electron chi connectivity index (χ1n) is 12.0. The second kappa shape index (κ2) is 10.7. The number of aromatic amines is 1. The van der Waals surface area contributed by atoms with E-state index in [9.17, 15) is 18.0 Å². The van der Waals surface area contributed by atoms with Crippen LogP contribution in [0.4, 0.5) is 24.9 Å². The predicted octanol–water partition coefficient (Wildman–Crippen LogP) is 4.37. The van der Waals surface area contributed by atoms with Crippen molar-refractivity contribution in [1.82, 2.24) is 29.7 Å². The van der Waals surface area contributed by atoms with E-state index in [1.165, 1.54) is 4.90 Å². The monoisotopic (exact) mass is 525 g/mol. The van der Waals surface area contributed by atoms with Gasteiger partial charge in [-0.15, -0.1) is 0 Å². The summed E-state index contributed by atoms with van der Waals surface area (Å²) in [4.78, 5) is 31.8. The van der Waals surface area contributed by atoms with E-state index in [1.54, 1.807) is 25.7 Å². The molecule has 1 aliphatic heterocycles. The molecule has 4 aromatic rings. The van der Waals surface area contributed by atoms with Crippen LogP contribution in [0.25, 0.3) is 22.2 Å². The van der Waals surface area contributed by atoms with Crippen LogP contribution in [0, 0.1) is 0 Å². The van der Waals surface area contributed by atoms with Crippen LogP contribution in [-0.4, -0.2) is 75.1 Å². The lowest BCUT2D eigenvalue weighted by Crippen LogP contribution is -2.49. The minimum atomic E-state index is -4.49. The Balaban J connectivity index is 1.27. The molecule has 12 heteroatoms. The van der Waals surface area contributed by atoms with Crippen LogP contribution in [0.1, 0.15) is 12.0 Å². The third kappa shape index (κ3) is 5.86. The average Bonchev–Trinajstić information content (AvgIpc) is 3.31. The zero-order valence-corrected chi connectivity index (χ0v) is 20.6. The van der Waals surface area contributed by atoms with E-state index < -0.39 is 18.5 Å². The van der Waals surface area contributed by atoms with Crippen molar-refractivity contribution >= 4 is 28.7 Å². The lowest BCUT2D eigenvalue weighted by molar-refractivity contribution is -0.162. The second-order valence-corrected chi connectivity index (χ2v) is 8.98. The Morgan fingerprint density at radius 3 is 2.71 bits per heavy atom. The van der Waals surface area contributed by atoms with Gasteiger partial charge in [0.05, 0.1) is 24.3 Å². The summed E-state index contributed by atoms with van der Waals surface area (Å²) < 4.78 is 43.1. The maximum absolute atomic E-state index is 12.6. The van der Waals surface area contributed by atoms with Gasteiger partial charge in [0.2, 0.25) is 11.9 Å². The summed E-state index contributed by atoms with van der Waals surface area (Å²) in [5.74, 6) is 0.948. The third-order valence-corrected chi connectivity index (χ3v) is 6.40. The van der Waals surface area contributed by atoms with Crippen LogP contribution < -0.4 is 10.1 Å². The molecule has 0 unspecified atom stereocenters. The molecule has 0 bridgehead atoms. The molecular weight excluding hydrogens is 499 g/mol. The van der Waals surface area contributed by atoms with Gasteiger partial charge in [0.1, 0.15) is 18.0 Å². The Morgan fingerprint density at radius 1 is 1.13 bits per heavy atom. The lowest BCUT2D eigenvalue weighted by atomic mass is 10.1. The van der Waals surface area contributed by atoms with Gasteiger partial charge in [-0.1, -0.05) is 12.1 Å². The molecule has 5 rings (SSSR count). The standard InChI is InChI=1S/C26H26F3N7O2/c1-38-22-15-30-8-6-19(22)17-4-5-20-21(13-17)33-25(32-20)34-24-18(3-2-7-31-24)16-35-9-11-36(12-10-35)23(37)14-26(27,28)29/h2-8,13,15H,9-12,14,16H2,1H3,(H2,31,32,33,34). The molecular formula is C26H26F3N7O2. The molecule has 1 saturated heterocycles. The molecule has 9 nitrogen and oxygen atoms in total. The fourth-order valence-electron chi connectivity index (χ4n) is 4.49. The van der Waals surface area contributed by atoms with Crippen LogP contribution in [0.15, 0.2) is 55.0 Å². The molecule has 1 amide bonds. The molecule has 3 aromatic heterocycles. The number of nitrogens with one attached hydrogen (secondary N) is 2. The number of rotatable bonds is 7. The zero-order chi connectivity index (χ0) is 26.7. The van der Waals surface area contributed by atoms with E-state index in [4.69, 9.17) is 4.74 Å². The van der Waals surface area contributed by atoms with Crippen molar-refractivity contribution in [2.24, 2.45) is 0 Å². The molecule has 4 heterocycles. The molecule has 0 aliphatic carbocycles. The number of amides is 1. The number of pyridine rings is 2. The number of nitrogens with zero attached hydrogens (tertiary/aromatic N) is 5. The first-order chi connectivity index (χ1) is 18.3. The predicted molar refractivity (Wildman–Crippen MR) is 136 cm³/mol. The third-order valence-electron chi connectivity index (χ3n) is 6.40. The maximum Gasteiger partial charge on any atom is 0.397 e. The van der Waals surface area contributed by atoms with Crippen molar-refractivity contribution < 1.29 is 22.7 Å². The number of anilines is 2. The number of ether oxygens (including phenoxy) is 1. The smallest absolute Gasteiger partial charge is 0.397 e. The van der Waals surface area contributed by atoms with Gasteiger partial charge >= 0.3 is 6.18 Å². The Hall–Kier alpha value is -4.19. The highest BCUT2D eigenvalue weighted by Gasteiger charge is 2.34. The fourth-order valence-corrected chi connectivity index (χ4v) is 4.49. The molecule has 1 fully saturated rings. The minimum Gasteiger partial charge on any atom is -0.494 e. The number of fused-ring (bicyclic) bond motifs is 1. The summed E-state index contributed by atoms with van der Waals surface area (Å²) in [7, 11) is 1.61. The van der Waals surface area contributed by atoms with E-state index in [0.29, 0.717) is 37.1 Å². The van der Waals surface area contributed by atoms with E-state index >= 15 is 0 Å². The molecule has 2 N–H and O–H groups in total. The Labute approximate surface area is 216 Å². The number of halogens is 3. The van der Waals surface area contributed by atoms with E-state index in [1.807, 2.05) is 36.4 Å². The summed E-state index contributed by atoms with van der Waals surface area (Å²) in [5.41, 5.74) is 4.40. The van der Waals surface area contributed by atoms with Gasteiger partial charge in [0.25, 0.3) is 0 Å². The van der Waals surface area contributed by atoms with E-state index in [2.05, 4.69) is 30.2 Å². The first-order valence-corrected chi connectivity index (χ1v) is 12.0. The van der Waals surface area contributed by atoms with Gasteiger partial charge in [-0.3, -0.25) is 14.7 Å². The number of benzene rings is 1. The van der Waals surface area contributed by atoms with Crippen LogP contribution >= 0.6 is 0 Å². The van der Waals surface area contributed by atoms with Crippen LogP contribution in [0.5, 0.6) is 5.75 Å². The van der Waals surface area contributed by atoms with Crippen molar-refractivity contribution in [3.8, 4) is 16.9 Å². The highest BCUT2D eigenvalue weighted by molar-refractivity contribution is 5.85.